The number of nitrogens with one attached hydrogen (secondary N) is 1. The maximum atomic E-state index is 5.75. The zero-order valence-corrected chi connectivity index (χ0v) is 11.9. The zero-order chi connectivity index (χ0) is 12.0. The Hall–Kier alpha value is -0.930. The quantitative estimate of drug-likeness (QED) is 0.793. The summed E-state index contributed by atoms with van der Waals surface area (Å²) < 4.78 is 11.4. The minimum Gasteiger partial charge on any atom is -0.486 e. The molecule has 4 heteroatoms. The lowest BCUT2D eigenvalue weighted by Gasteiger charge is -2.37. The molecule has 1 spiro atoms. The Balaban J connectivity index is 0.00000110. The lowest BCUT2D eigenvalue weighted by molar-refractivity contribution is 0.170. The highest BCUT2D eigenvalue weighted by atomic mass is 35.5. The van der Waals surface area contributed by atoms with Gasteiger partial charge in [-0.05, 0) is 36.1 Å². The summed E-state index contributed by atoms with van der Waals surface area (Å²) >= 11 is 0. The first-order chi connectivity index (χ1) is 8.87. The van der Waals surface area contributed by atoms with E-state index in [1.54, 1.807) is 0 Å². The maximum absolute atomic E-state index is 5.75. The van der Waals surface area contributed by atoms with Gasteiger partial charge in [0.25, 0.3) is 0 Å². The average molecular weight is 282 g/mol. The molecule has 0 atom stereocenters. The number of hydrogen-bond acceptors (Lipinski definition) is 3. The molecule has 1 saturated carbocycles. The van der Waals surface area contributed by atoms with Gasteiger partial charge >= 0.3 is 0 Å². The molecule has 2 aliphatic heterocycles. The summed E-state index contributed by atoms with van der Waals surface area (Å²) in [5.41, 5.74) is 3.29. The van der Waals surface area contributed by atoms with Crippen LogP contribution >= 0.6 is 12.4 Å². The monoisotopic (exact) mass is 281 g/mol. The molecule has 0 radical (unpaired) electrons. The molecule has 1 aromatic carbocycles. The third-order valence-corrected chi connectivity index (χ3v) is 4.68. The van der Waals surface area contributed by atoms with E-state index in [-0.39, 0.29) is 12.4 Å². The van der Waals surface area contributed by atoms with Gasteiger partial charge in [-0.2, -0.15) is 0 Å². The van der Waals surface area contributed by atoms with E-state index in [0.717, 1.165) is 24.6 Å². The van der Waals surface area contributed by atoms with Crippen LogP contribution in [-0.4, -0.2) is 19.8 Å². The van der Waals surface area contributed by atoms with E-state index in [9.17, 15) is 0 Å². The van der Waals surface area contributed by atoms with Crippen molar-refractivity contribution in [2.24, 2.45) is 0 Å². The van der Waals surface area contributed by atoms with Gasteiger partial charge in [-0.1, -0.05) is 12.8 Å². The van der Waals surface area contributed by atoms with Crippen LogP contribution in [0.3, 0.4) is 0 Å². The molecule has 3 nitrogen and oxygen atoms in total. The highest BCUT2D eigenvalue weighted by Gasteiger charge is 2.40. The highest BCUT2D eigenvalue weighted by Crippen LogP contribution is 2.47. The van der Waals surface area contributed by atoms with Crippen molar-refractivity contribution >= 4 is 12.4 Å². The summed E-state index contributed by atoms with van der Waals surface area (Å²) in [5.74, 6) is 1.88. The summed E-state index contributed by atoms with van der Waals surface area (Å²) in [4.78, 5) is 0. The fraction of sp³-hybridized carbons (Fsp3) is 0.600. The van der Waals surface area contributed by atoms with E-state index >= 15 is 0 Å². The van der Waals surface area contributed by atoms with Crippen molar-refractivity contribution in [2.75, 3.05) is 19.8 Å². The number of fused-ring (bicyclic) bond motifs is 3. The second-order valence-corrected chi connectivity index (χ2v) is 5.74. The third-order valence-electron chi connectivity index (χ3n) is 4.68. The Kier molecular flexibility index (Phi) is 3.35. The number of benzene rings is 1. The molecule has 0 amide bonds. The van der Waals surface area contributed by atoms with Crippen LogP contribution < -0.4 is 14.8 Å². The number of hydrogen-bond donors (Lipinski definition) is 1. The number of halogens is 1. The SMILES string of the molecule is Cl.c1c2c(cc3c1OCCO3)C1(CCCC1)CNC2. The Bertz CT molecular complexity index is 483. The van der Waals surface area contributed by atoms with Crippen LogP contribution in [0.25, 0.3) is 0 Å². The van der Waals surface area contributed by atoms with Crippen molar-refractivity contribution in [3.05, 3.63) is 23.3 Å². The van der Waals surface area contributed by atoms with Crippen LogP contribution in [0.2, 0.25) is 0 Å². The van der Waals surface area contributed by atoms with Crippen molar-refractivity contribution in [3.8, 4) is 11.5 Å². The van der Waals surface area contributed by atoms with Gasteiger partial charge in [-0.25, -0.2) is 0 Å². The lowest BCUT2D eigenvalue weighted by Crippen LogP contribution is -2.41. The van der Waals surface area contributed by atoms with Gasteiger partial charge in [0.1, 0.15) is 13.2 Å². The Morgan fingerprint density at radius 3 is 2.42 bits per heavy atom. The second kappa shape index (κ2) is 4.88. The summed E-state index contributed by atoms with van der Waals surface area (Å²) in [5, 5.41) is 3.58. The van der Waals surface area contributed by atoms with E-state index in [0.29, 0.717) is 18.6 Å². The van der Waals surface area contributed by atoms with Crippen LogP contribution in [0.15, 0.2) is 12.1 Å². The molecule has 1 fully saturated rings. The van der Waals surface area contributed by atoms with Crippen LogP contribution in [0, 0.1) is 0 Å². The van der Waals surface area contributed by atoms with Gasteiger partial charge in [0.2, 0.25) is 0 Å². The Morgan fingerprint density at radius 1 is 1.00 bits per heavy atom. The molecule has 1 aromatic rings. The van der Waals surface area contributed by atoms with E-state index in [2.05, 4.69) is 17.4 Å². The van der Waals surface area contributed by atoms with Gasteiger partial charge in [0.15, 0.2) is 11.5 Å². The Labute approximate surface area is 120 Å². The van der Waals surface area contributed by atoms with Gasteiger partial charge in [0.05, 0.1) is 0 Å². The van der Waals surface area contributed by atoms with Crippen molar-refractivity contribution < 1.29 is 9.47 Å². The normalized spacial score (nSPS) is 22.7. The van der Waals surface area contributed by atoms with Gasteiger partial charge in [-0.3, -0.25) is 0 Å². The average Bonchev–Trinajstić information content (AvgIpc) is 2.87. The predicted octanol–water partition coefficient (Wildman–Crippen LogP) is 2.79. The smallest absolute Gasteiger partial charge is 0.161 e. The molecule has 1 N–H and O–H groups in total. The first-order valence-corrected chi connectivity index (χ1v) is 7.01. The Morgan fingerprint density at radius 2 is 1.68 bits per heavy atom. The first-order valence-electron chi connectivity index (χ1n) is 7.01. The molecule has 4 rings (SSSR count). The van der Waals surface area contributed by atoms with E-state index < -0.39 is 0 Å². The molecular formula is C15H20ClNO2. The van der Waals surface area contributed by atoms with Crippen molar-refractivity contribution in [2.45, 2.75) is 37.6 Å². The molecule has 2 heterocycles. The fourth-order valence-electron chi connectivity index (χ4n) is 3.80. The van der Waals surface area contributed by atoms with Crippen LogP contribution in [0.4, 0.5) is 0 Å². The topological polar surface area (TPSA) is 30.5 Å². The van der Waals surface area contributed by atoms with Crippen LogP contribution in [-0.2, 0) is 12.0 Å². The van der Waals surface area contributed by atoms with E-state index in [4.69, 9.17) is 9.47 Å². The van der Waals surface area contributed by atoms with Crippen molar-refractivity contribution in [1.29, 1.82) is 0 Å². The van der Waals surface area contributed by atoms with E-state index in [1.165, 1.54) is 36.8 Å². The van der Waals surface area contributed by atoms with E-state index in [1.807, 2.05) is 0 Å². The van der Waals surface area contributed by atoms with Crippen molar-refractivity contribution in [1.82, 2.24) is 5.32 Å². The molecule has 0 aromatic heterocycles. The van der Waals surface area contributed by atoms with Gasteiger partial charge in [-0.15, -0.1) is 12.4 Å². The van der Waals surface area contributed by atoms with Crippen LogP contribution in [0.5, 0.6) is 11.5 Å². The first kappa shape index (κ1) is 13.1. The molecule has 0 unspecified atom stereocenters. The maximum Gasteiger partial charge on any atom is 0.161 e. The van der Waals surface area contributed by atoms with Crippen LogP contribution in [0.1, 0.15) is 36.8 Å². The van der Waals surface area contributed by atoms with Gasteiger partial charge < -0.3 is 14.8 Å². The summed E-state index contributed by atoms with van der Waals surface area (Å²) in [7, 11) is 0. The molecule has 0 saturated heterocycles. The highest BCUT2D eigenvalue weighted by molar-refractivity contribution is 5.85. The molecule has 19 heavy (non-hydrogen) atoms. The minimum absolute atomic E-state index is 0. The summed E-state index contributed by atoms with van der Waals surface area (Å²) in [6, 6.07) is 4.45. The summed E-state index contributed by atoms with van der Waals surface area (Å²) in [6.07, 6.45) is 5.34. The molecule has 3 aliphatic rings. The number of rotatable bonds is 0. The zero-order valence-electron chi connectivity index (χ0n) is 11.0. The fourth-order valence-corrected chi connectivity index (χ4v) is 3.80. The minimum atomic E-state index is 0. The van der Waals surface area contributed by atoms with Crippen molar-refractivity contribution in [3.63, 3.8) is 0 Å². The molecular weight excluding hydrogens is 262 g/mol. The largest absolute Gasteiger partial charge is 0.486 e. The third kappa shape index (κ3) is 2.00. The molecule has 1 aliphatic carbocycles. The van der Waals surface area contributed by atoms with Gasteiger partial charge in [0, 0.05) is 18.5 Å². The molecule has 0 bridgehead atoms. The second-order valence-electron chi connectivity index (χ2n) is 5.74. The summed E-state index contributed by atoms with van der Waals surface area (Å²) in [6.45, 7) is 3.44. The predicted molar refractivity (Wildman–Crippen MR) is 76.5 cm³/mol. The molecule has 104 valence electrons. The number of ether oxygens (including phenoxy) is 2. The standard InChI is InChI=1S/C15H19NO2.ClH/c1-2-4-15(3-1)10-16-9-11-7-13-14(8-12(11)15)18-6-5-17-13;/h7-8,16H,1-6,9-10H2;1H. The lowest BCUT2D eigenvalue weighted by atomic mass is 9.74.